The number of hydrogen-bond acceptors (Lipinski definition) is 5. The summed E-state index contributed by atoms with van der Waals surface area (Å²) in [5.74, 6) is 0.143. The van der Waals surface area contributed by atoms with Crippen LogP contribution in [0.2, 0.25) is 0 Å². The maximum atomic E-state index is 13.3. The van der Waals surface area contributed by atoms with E-state index < -0.39 is 0 Å². The zero-order valence-corrected chi connectivity index (χ0v) is 14.7. The van der Waals surface area contributed by atoms with Crippen LogP contribution in [-0.4, -0.2) is 33.3 Å². The second-order valence-electron chi connectivity index (χ2n) is 6.01. The fraction of sp³-hybridized carbons (Fsp3) is 0.211. The second kappa shape index (κ2) is 7.29. The van der Waals surface area contributed by atoms with Crippen LogP contribution in [0.15, 0.2) is 58.2 Å². The molecule has 0 unspecified atom stereocenters. The summed E-state index contributed by atoms with van der Waals surface area (Å²) in [4.78, 5) is 14.3. The molecule has 0 bridgehead atoms. The maximum Gasteiger partial charge on any atom is 0.277 e. The fourth-order valence-electron chi connectivity index (χ4n) is 2.93. The first kappa shape index (κ1) is 16.8. The molecule has 0 fully saturated rings. The Morgan fingerprint density at radius 2 is 2.00 bits per heavy atom. The number of hydrogen-bond donors (Lipinski definition) is 0. The molecule has 0 aliphatic carbocycles. The van der Waals surface area contributed by atoms with Crippen LogP contribution in [0, 0.1) is 5.82 Å². The number of rotatable bonds is 4. The van der Waals surface area contributed by atoms with Crippen LogP contribution in [0.25, 0.3) is 11.5 Å². The van der Waals surface area contributed by atoms with Gasteiger partial charge in [-0.25, -0.2) is 4.39 Å². The number of carbonyl (C=O) groups excluding carboxylic acids is 1. The van der Waals surface area contributed by atoms with E-state index in [1.54, 1.807) is 12.1 Å². The normalized spacial score (nSPS) is 13.5. The van der Waals surface area contributed by atoms with Crippen molar-refractivity contribution in [2.24, 2.45) is 0 Å². The summed E-state index contributed by atoms with van der Waals surface area (Å²) in [6.45, 7) is 1.35. The molecule has 0 spiro atoms. The second-order valence-corrected chi connectivity index (χ2v) is 6.93. The summed E-state index contributed by atoms with van der Waals surface area (Å²) in [5, 5.41) is 8.15. The number of carbonyl (C=O) groups is 1. The van der Waals surface area contributed by atoms with Crippen molar-refractivity contribution in [3.8, 4) is 11.5 Å². The van der Waals surface area contributed by atoms with E-state index in [9.17, 15) is 9.18 Å². The average Bonchev–Trinajstić information content (AvgIpc) is 3.15. The fourth-order valence-corrected chi connectivity index (χ4v) is 3.60. The van der Waals surface area contributed by atoms with Crippen molar-refractivity contribution in [1.82, 2.24) is 15.1 Å². The largest absolute Gasteiger partial charge is 0.411 e. The third-order valence-corrected chi connectivity index (χ3v) is 5.08. The van der Waals surface area contributed by atoms with Gasteiger partial charge in [0, 0.05) is 18.7 Å². The predicted molar refractivity (Wildman–Crippen MR) is 96.0 cm³/mol. The highest BCUT2D eigenvalue weighted by molar-refractivity contribution is 7.99. The van der Waals surface area contributed by atoms with E-state index in [2.05, 4.69) is 22.3 Å². The van der Waals surface area contributed by atoms with Crippen LogP contribution >= 0.6 is 11.8 Å². The molecule has 1 aromatic heterocycles. The van der Waals surface area contributed by atoms with Crippen LogP contribution in [0.1, 0.15) is 11.1 Å². The first-order chi connectivity index (χ1) is 12.7. The number of nitrogens with zero attached hydrogens (tertiary/aromatic N) is 3. The Morgan fingerprint density at radius 1 is 1.15 bits per heavy atom. The molecule has 2 heterocycles. The number of fused-ring (bicyclic) bond motifs is 1. The molecular formula is C19H16FN3O2S. The Balaban J connectivity index is 1.37. The molecule has 1 aliphatic rings. The molecule has 0 saturated carbocycles. The molecule has 0 atom stereocenters. The lowest BCUT2D eigenvalue weighted by Crippen LogP contribution is -2.37. The smallest absolute Gasteiger partial charge is 0.277 e. The minimum atomic E-state index is -0.365. The van der Waals surface area contributed by atoms with E-state index in [4.69, 9.17) is 4.42 Å². The SMILES string of the molecule is O=C(CSc1nnc(-c2cccc(F)c2)o1)N1CCc2ccccc2C1. The Bertz CT molecular complexity index is 944. The van der Waals surface area contributed by atoms with Gasteiger partial charge in [-0.05, 0) is 35.7 Å². The monoisotopic (exact) mass is 369 g/mol. The van der Waals surface area contributed by atoms with E-state index >= 15 is 0 Å². The summed E-state index contributed by atoms with van der Waals surface area (Å²) in [5.41, 5.74) is 3.02. The van der Waals surface area contributed by atoms with Gasteiger partial charge in [0.2, 0.25) is 11.8 Å². The maximum absolute atomic E-state index is 13.3. The molecule has 0 N–H and O–H groups in total. The van der Waals surface area contributed by atoms with Crippen molar-refractivity contribution in [3.05, 3.63) is 65.5 Å². The molecule has 132 valence electrons. The summed E-state index contributed by atoms with van der Waals surface area (Å²) in [6, 6.07) is 14.2. The zero-order valence-electron chi connectivity index (χ0n) is 13.9. The Morgan fingerprint density at radius 3 is 2.85 bits per heavy atom. The average molecular weight is 369 g/mol. The zero-order chi connectivity index (χ0) is 17.9. The van der Waals surface area contributed by atoms with E-state index in [1.165, 1.54) is 35.0 Å². The van der Waals surface area contributed by atoms with Crippen molar-refractivity contribution in [1.29, 1.82) is 0 Å². The lowest BCUT2D eigenvalue weighted by molar-refractivity contribution is -0.129. The van der Waals surface area contributed by atoms with E-state index in [0.29, 0.717) is 17.3 Å². The summed E-state index contributed by atoms with van der Waals surface area (Å²) in [7, 11) is 0. The molecule has 0 radical (unpaired) electrons. The molecule has 1 amide bonds. The third-order valence-electron chi connectivity index (χ3n) is 4.28. The molecule has 1 aliphatic heterocycles. The van der Waals surface area contributed by atoms with Crippen LogP contribution < -0.4 is 0 Å². The van der Waals surface area contributed by atoms with Crippen LogP contribution in [0.3, 0.4) is 0 Å². The summed E-state index contributed by atoms with van der Waals surface area (Å²) in [6.07, 6.45) is 0.872. The van der Waals surface area contributed by atoms with Gasteiger partial charge >= 0.3 is 0 Å². The highest BCUT2D eigenvalue weighted by Gasteiger charge is 2.21. The minimum absolute atomic E-state index is 0.0370. The molecule has 5 nitrogen and oxygen atoms in total. The molecule has 26 heavy (non-hydrogen) atoms. The van der Waals surface area contributed by atoms with Crippen molar-refractivity contribution < 1.29 is 13.6 Å². The number of benzene rings is 2. The lowest BCUT2D eigenvalue weighted by Gasteiger charge is -2.28. The van der Waals surface area contributed by atoms with Crippen molar-refractivity contribution in [2.75, 3.05) is 12.3 Å². The van der Waals surface area contributed by atoms with Crippen molar-refractivity contribution in [2.45, 2.75) is 18.2 Å². The van der Waals surface area contributed by atoms with Gasteiger partial charge in [0.25, 0.3) is 5.22 Å². The van der Waals surface area contributed by atoms with Gasteiger partial charge in [0.1, 0.15) is 5.82 Å². The number of aromatic nitrogens is 2. The molecule has 7 heteroatoms. The van der Waals surface area contributed by atoms with Gasteiger partial charge in [-0.2, -0.15) is 0 Å². The highest BCUT2D eigenvalue weighted by Crippen LogP contribution is 2.25. The van der Waals surface area contributed by atoms with Gasteiger partial charge < -0.3 is 9.32 Å². The minimum Gasteiger partial charge on any atom is -0.411 e. The summed E-state index contributed by atoms with van der Waals surface area (Å²) < 4.78 is 18.8. The van der Waals surface area contributed by atoms with Gasteiger partial charge in [0.15, 0.2) is 0 Å². The van der Waals surface area contributed by atoms with Gasteiger partial charge in [0.05, 0.1) is 5.75 Å². The molecule has 3 aromatic rings. The van der Waals surface area contributed by atoms with E-state index in [1.807, 2.05) is 17.0 Å². The molecule has 4 rings (SSSR count). The van der Waals surface area contributed by atoms with E-state index in [-0.39, 0.29) is 23.4 Å². The van der Waals surface area contributed by atoms with Gasteiger partial charge in [-0.15, -0.1) is 10.2 Å². The Hall–Kier alpha value is -2.67. The molecule has 2 aromatic carbocycles. The Labute approximate surface area is 154 Å². The molecular weight excluding hydrogens is 353 g/mol. The van der Waals surface area contributed by atoms with Crippen LogP contribution in [0.5, 0.6) is 0 Å². The van der Waals surface area contributed by atoms with Gasteiger partial charge in [-0.3, -0.25) is 4.79 Å². The quantitative estimate of drug-likeness (QED) is 0.658. The van der Waals surface area contributed by atoms with Crippen LogP contribution in [-0.2, 0) is 17.8 Å². The number of thioether (sulfide) groups is 1. The number of amides is 1. The first-order valence-corrected chi connectivity index (χ1v) is 9.24. The lowest BCUT2D eigenvalue weighted by atomic mass is 10.00. The van der Waals surface area contributed by atoms with Crippen LogP contribution in [0.4, 0.5) is 4.39 Å². The summed E-state index contributed by atoms with van der Waals surface area (Å²) >= 11 is 1.20. The third kappa shape index (κ3) is 3.62. The number of halogens is 1. The molecule has 0 saturated heterocycles. The van der Waals surface area contributed by atoms with Gasteiger partial charge in [-0.1, -0.05) is 42.1 Å². The standard InChI is InChI=1S/C19H16FN3O2S/c20-16-7-3-6-14(10-16)18-21-22-19(25-18)26-12-17(24)23-9-8-13-4-1-2-5-15(13)11-23/h1-7,10H,8-9,11-12H2. The van der Waals surface area contributed by atoms with Crippen molar-refractivity contribution >= 4 is 17.7 Å². The topological polar surface area (TPSA) is 59.2 Å². The highest BCUT2D eigenvalue weighted by atomic mass is 32.2. The van der Waals surface area contributed by atoms with Crippen molar-refractivity contribution in [3.63, 3.8) is 0 Å². The predicted octanol–water partition coefficient (Wildman–Crippen LogP) is 3.55. The van der Waals surface area contributed by atoms with E-state index in [0.717, 1.165) is 13.0 Å². The Kier molecular flexibility index (Phi) is 4.71. The first-order valence-electron chi connectivity index (χ1n) is 8.26.